The maximum Gasteiger partial charge on any atom is 0.0975 e. The van der Waals surface area contributed by atoms with Gasteiger partial charge in [0.25, 0.3) is 0 Å². The van der Waals surface area contributed by atoms with Crippen LogP contribution in [0.15, 0.2) is 24.3 Å². The summed E-state index contributed by atoms with van der Waals surface area (Å²) in [6.07, 6.45) is 4.68. The van der Waals surface area contributed by atoms with E-state index >= 15 is 0 Å². The lowest BCUT2D eigenvalue weighted by molar-refractivity contribution is 0.689. The number of hydrogen-bond donors (Lipinski definition) is 1. The van der Waals surface area contributed by atoms with Crippen molar-refractivity contribution in [3.8, 4) is 0 Å². The first kappa shape index (κ1) is 13.8. The number of aromatic nitrogens is 1. The molecule has 1 aromatic carbocycles. The molecular weight excluding hydrogens is 264 g/mol. The van der Waals surface area contributed by atoms with Crippen LogP contribution in [0.25, 0.3) is 0 Å². The molecule has 106 valence electrons. The van der Waals surface area contributed by atoms with Crippen LogP contribution in [0.1, 0.15) is 46.5 Å². The van der Waals surface area contributed by atoms with Crippen LogP contribution in [-0.2, 0) is 19.4 Å². The molecule has 0 spiro atoms. The first-order chi connectivity index (χ1) is 9.74. The first-order valence-electron chi connectivity index (χ1n) is 7.51. The van der Waals surface area contributed by atoms with E-state index in [2.05, 4.69) is 43.4 Å². The average molecular weight is 286 g/mol. The highest BCUT2D eigenvalue weighted by atomic mass is 32.1. The lowest BCUT2D eigenvalue weighted by Crippen LogP contribution is -2.15. The second-order valence-electron chi connectivity index (χ2n) is 5.65. The molecule has 1 heterocycles. The average Bonchev–Trinajstić information content (AvgIpc) is 3.18. The maximum atomic E-state index is 4.83. The van der Waals surface area contributed by atoms with Crippen molar-refractivity contribution in [3.63, 3.8) is 0 Å². The van der Waals surface area contributed by atoms with Crippen LogP contribution in [0, 0.1) is 6.92 Å². The third kappa shape index (κ3) is 3.47. The Hall–Kier alpha value is -1.19. The van der Waals surface area contributed by atoms with E-state index in [0.29, 0.717) is 0 Å². The van der Waals surface area contributed by atoms with Crippen molar-refractivity contribution in [3.05, 3.63) is 51.0 Å². The minimum atomic E-state index is 0.766. The first-order valence-corrected chi connectivity index (χ1v) is 8.32. The van der Waals surface area contributed by atoms with E-state index in [4.69, 9.17) is 4.98 Å². The third-order valence-corrected chi connectivity index (χ3v) is 4.82. The van der Waals surface area contributed by atoms with Gasteiger partial charge >= 0.3 is 0 Å². The van der Waals surface area contributed by atoms with Gasteiger partial charge in [0.05, 0.1) is 10.7 Å². The molecule has 1 saturated carbocycles. The van der Waals surface area contributed by atoms with Crippen molar-refractivity contribution >= 4 is 11.3 Å². The molecule has 0 bridgehead atoms. The molecule has 0 aliphatic heterocycles. The lowest BCUT2D eigenvalue weighted by atomic mass is 10.1. The van der Waals surface area contributed by atoms with Crippen LogP contribution in [0.3, 0.4) is 0 Å². The zero-order valence-electron chi connectivity index (χ0n) is 12.3. The van der Waals surface area contributed by atoms with Gasteiger partial charge in [0.15, 0.2) is 0 Å². The smallest absolute Gasteiger partial charge is 0.0975 e. The summed E-state index contributed by atoms with van der Waals surface area (Å²) in [7, 11) is 0. The van der Waals surface area contributed by atoms with Gasteiger partial charge in [-0.2, -0.15) is 0 Å². The largest absolute Gasteiger partial charge is 0.309 e. The van der Waals surface area contributed by atoms with E-state index in [0.717, 1.165) is 25.4 Å². The van der Waals surface area contributed by atoms with Crippen LogP contribution in [0.5, 0.6) is 0 Å². The van der Waals surface area contributed by atoms with Gasteiger partial charge in [-0.1, -0.05) is 36.8 Å². The van der Waals surface area contributed by atoms with E-state index in [9.17, 15) is 0 Å². The Morgan fingerprint density at radius 1 is 1.35 bits per heavy atom. The van der Waals surface area contributed by atoms with Crippen molar-refractivity contribution < 1.29 is 0 Å². The number of hydrogen-bond acceptors (Lipinski definition) is 3. The quantitative estimate of drug-likeness (QED) is 0.872. The summed E-state index contributed by atoms with van der Waals surface area (Å²) in [5, 5.41) is 4.85. The molecule has 1 aromatic heterocycles. The molecule has 0 atom stereocenters. The van der Waals surface area contributed by atoms with Gasteiger partial charge < -0.3 is 5.32 Å². The zero-order chi connectivity index (χ0) is 13.9. The molecule has 0 amide bonds. The molecule has 1 aliphatic rings. The molecule has 3 heteroatoms. The second-order valence-corrected chi connectivity index (χ2v) is 6.82. The predicted octanol–water partition coefficient (Wildman–Crippen LogP) is 3.86. The van der Waals surface area contributed by atoms with Crippen LogP contribution >= 0.6 is 11.3 Å². The topological polar surface area (TPSA) is 24.9 Å². The van der Waals surface area contributed by atoms with Gasteiger partial charge in [0.1, 0.15) is 0 Å². The number of aryl methyl sites for hydroxylation is 2. The molecule has 1 fully saturated rings. The second kappa shape index (κ2) is 6.06. The van der Waals surface area contributed by atoms with E-state index in [1.165, 1.54) is 39.5 Å². The summed E-state index contributed by atoms with van der Waals surface area (Å²) in [4.78, 5) is 6.26. The van der Waals surface area contributed by atoms with Crippen LogP contribution in [0.2, 0.25) is 0 Å². The molecule has 1 N–H and O–H groups in total. The lowest BCUT2D eigenvalue weighted by Gasteiger charge is -2.00. The summed E-state index contributed by atoms with van der Waals surface area (Å²) in [5.41, 5.74) is 3.97. The van der Waals surface area contributed by atoms with Crippen molar-refractivity contribution in [2.45, 2.75) is 52.1 Å². The number of benzene rings is 1. The normalized spacial score (nSPS) is 14.7. The highest BCUT2D eigenvalue weighted by Gasteiger charge is 2.21. The van der Waals surface area contributed by atoms with Crippen LogP contribution < -0.4 is 5.32 Å². The van der Waals surface area contributed by atoms with E-state index < -0.39 is 0 Å². The summed E-state index contributed by atoms with van der Waals surface area (Å²) >= 11 is 1.88. The molecule has 0 saturated heterocycles. The summed E-state index contributed by atoms with van der Waals surface area (Å²) < 4.78 is 0. The highest BCUT2D eigenvalue weighted by Crippen LogP contribution is 2.24. The van der Waals surface area contributed by atoms with E-state index in [1.807, 2.05) is 11.3 Å². The van der Waals surface area contributed by atoms with Gasteiger partial charge in [0, 0.05) is 23.9 Å². The Labute approximate surface area is 125 Å². The van der Waals surface area contributed by atoms with Gasteiger partial charge in [-0.05, 0) is 31.7 Å². The third-order valence-electron chi connectivity index (χ3n) is 3.72. The molecule has 2 nitrogen and oxygen atoms in total. The summed E-state index contributed by atoms with van der Waals surface area (Å²) in [6.45, 7) is 5.35. The minimum absolute atomic E-state index is 0.766. The number of nitrogens with one attached hydrogen (secondary N) is 1. The fourth-order valence-corrected chi connectivity index (χ4v) is 3.59. The Bertz CT molecular complexity index is 584. The predicted molar refractivity (Wildman–Crippen MR) is 85.3 cm³/mol. The fourth-order valence-electron chi connectivity index (χ4n) is 2.45. The van der Waals surface area contributed by atoms with Gasteiger partial charge in [-0.3, -0.25) is 0 Å². The van der Waals surface area contributed by atoms with E-state index in [-0.39, 0.29) is 0 Å². The maximum absolute atomic E-state index is 4.83. The molecule has 2 aromatic rings. The summed E-state index contributed by atoms with van der Waals surface area (Å²) in [5.74, 6) is 0. The fraction of sp³-hybridized carbons (Fsp3) is 0.471. The summed E-state index contributed by atoms with van der Waals surface area (Å²) in [6, 6.07) is 9.50. The molecule has 0 radical (unpaired) electrons. The van der Waals surface area contributed by atoms with Crippen molar-refractivity contribution in [1.29, 1.82) is 0 Å². The van der Waals surface area contributed by atoms with Crippen molar-refractivity contribution in [2.75, 3.05) is 0 Å². The SMILES string of the molecule is CCc1nc(Cc2cccc(C)c2)sc1CNC1CC1. The molecule has 1 aliphatic carbocycles. The van der Waals surface area contributed by atoms with Gasteiger partial charge in [0.2, 0.25) is 0 Å². The van der Waals surface area contributed by atoms with Crippen LogP contribution in [0.4, 0.5) is 0 Å². The number of thiazole rings is 1. The molecular formula is C17H22N2S. The van der Waals surface area contributed by atoms with Crippen molar-refractivity contribution in [1.82, 2.24) is 10.3 Å². The Balaban J connectivity index is 1.72. The van der Waals surface area contributed by atoms with Crippen LogP contribution in [-0.4, -0.2) is 11.0 Å². The monoisotopic (exact) mass is 286 g/mol. The number of rotatable bonds is 6. The molecule has 3 rings (SSSR count). The standard InChI is InChI=1S/C17H22N2S/c1-3-15-16(11-18-14-7-8-14)20-17(19-15)10-13-6-4-5-12(2)9-13/h4-6,9,14,18H,3,7-8,10-11H2,1-2H3. The Morgan fingerprint density at radius 3 is 2.90 bits per heavy atom. The minimum Gasteiger partial charge on any atom is -0.309 e. The van der Waals surface area contributed by atoms with Gasteiger partial charge in [-0.25, -0.2) is 4.98 Å². The zero-order valence-corrected chi connectivity index (χ0v) is 13.1. The Morgan fingerprint density at radius 2 is 2.20 bits per heavy atom. The molecule has 0 unspecified atom stereocenters. The highest BCUT2D eigenvalue weighted by molar-refractivity contribution is 7.11. The van der Waals surface area contributed by atoms with Crippen molar-refractivity contribution in [2.24, 2.45) is 0 Å². The molecule has 20 heavy (non-hydrogen) atoms. The van der Waals surface area contributed by atoms with E-state index in [1.54, 1.807) is 0 Å². The Kier molecular flexibility index (Phi) is 4.18. The number of nitrogens with zero attached hydrogens (tertiary/aromatic N) is 1. The van der Waals surface area contributed by atoms with Gasteiger partial charge in [-0.15, -0.1) is 11.3 Å².